The van der Waals surface area contributed by atoms with Gasteiger partial charge in [0, 0.05) is 5.88 Å². The summed E-state index contributed by atoms with van der Waals surface area (Å²) in [6.07, 6.45) is 38.9. The highest BCUT2D eigenvalue weighted by molar-refractivity contribution is 7.80. The van der Waals surface area contributed by atoms with Gasteiger partial charge in [-0.1, -0.05) is 161 Å². The van der Waals surface area contributed by atoms with E-state index >= 15 is 0 Å². The van der Waals surface area contributed by atoms with Crippen molar-refractivity contribution in [3.8, 4) is 0 Å². The highest BCUT2D eigenvalue weighted by Crippen LogP contribution is 2.16. The molecular weight excluding hydrogens is 416 g/mol. The zero-order chi connectivity index (χ0) is 22.5. The maximum atomic E-state index is 5.71. The monoisotopic (exact) mass is 474 g/mol. The van der Waals surface area contributed by atoms with Gasteiger partial charge in [0.15, 0.2) is 0 Å². The highest BCUT2D eigenvalue weighted by atomic mass is 35.5. The number of hydrogen-bond donors (Lipinski definition) is 1. The molecule has 0 aliphatic heterocycles. The van der Waals surface area contributed by atoms with Crippen LogP contribution < -0.4 is 0 Å². The Morgan fingerprint density at radius 1 is 0.258 bits per heavy atom. The van der Waals surface area contributed by atoms with Gasteiger partial charge in [-0.2, -0.15) is 12.6 Å². The number of unbranched alkanes of at least 4 members (excludes halogenated alkanes) is 26. The fraction of sp³-hybridized carbons (Fsp3) is 1.00. The van der Waals surface area contributed by atoms with Gasteiger partial charge in [0.05, 0.1) is 0 Å². The Hall–Kier alpha value is 0.640. The fourth-order valence-corrected chi connectivity index (χ4v) is 5.04. The lowest BCUT2D eigenvalue weighted by Crippen LogP contribution is -1.85. The van der Waals surface area contributed by atoms with Gasteiger partial charge in [0.1, 0.15) is 0 Å². The van der Waals surface area contributed by atoms with Gasteiger partial charge in [-0.05, 0) is 18.6 Å². The summed E-state index contributed by atoms with van der Waals surface area (Å²) in [5, 5.41) is 0. The maximum absolute atomic E-state index is 5.71. The first-order valence-corrected chi connectivity index (χ1v) is 15.8. The summed E-state index contributed by atoms with van der Waals surface area (Å²) < 4.78 is 0. The fourth-order valence-electron chi connectivity index (χ4n) is 4.63. The quantitative estimate of drug-likeness (QED) is 0.0649. The second-order valence-electron chi connectivity index (χ2n) is 9.96. The van der Waals surface area contributed by atoms with Crippen molar-refractivity contribution in [3.63, 3.8) is 0 Å². The third-order valence-corrected chi connectivity index (χ3v) is 7.38. The van der Waals surface area contributed by atoms with E-state index in [1.807, 2.05) is 0 Å². The van der Waals surface area contributed by atoms with E-state index < -0.39 is 0 Å². The molecule has 188 valence electrons. The highest BCUT2D eigenvalue weighted by Gasteiger charge is 1.96. The van der Waals surface area contributed by atoms with Gasteiger partial charge < -0.3 is 0 Å². The first kappa shape index (κ1) is 31.6. The van der Waals surface area contributed by atoms with Crippen LogP contribution in [0.4, 0.5) is 0 Å². The Morgan fingerprint density at radius 2 is 0.419 bits per heavy atom. The summed E-state index contributed by atoms with van der Waals surface area (Å²) >= 11 is 9.99. The van der Waals surface area contributed by atoms with E-state index in [-0.39, 0.29) is 0 Å². The van der Waals surface area contributed by atoms with Crippen LogP contribution in [0.2, 0.25) is 0 Å². The Bertz CT molecular complexity index is 266. The SMILES string of the molecule is SCCCCCCCCCCCCCCCCCCCCCCCCCCCCCCl. The summed E-state index contributed by atoms with van der Waals surface area (Å²) in [5.74, 6) is 1.91. The van der Waals surface area contributed by atoms with E-state index in [1.54, 1.807) is 0 Å². The molecule has 31 heavy (non-hydrogen) atoms. The summed E-state index contributed by atoms with van der Waals surface area (Å²) in [4.78, 5) is 0. The van der Waals surface area contributed by atoms with Crippen LogP contribution in [0.3, 0.4) is 0 Å². The Morgan fingerprint density at radius 3 is 0.581 bits per heavy atom. The molecule has 0 saturated carbocycles. The van der Waals surface area contributed by atoms with Gasteiger partial charge in [-0.25, -0.2) is 0 Å². The molecule has 0 unspecified atom stereocenters. The van der Waals surface area contributed by atoms with Crippen molar-refractivity contribution in [1.29, 1.82) is 0 Å². The summed E-state index contributed by atoms with van der Waals surface area (Å²) in [6, 6.07) is 0. The molecule has 0 radical (unpaired) electrons. The molecule has 0 rings (SSSR count). The lowest BCUT2D eigenvalue weighted by molar-refractivity contribution is 0.515. The second-order valence-corrected chi connectivity index (χ2v) is 10.8. The summed E-state index contributed by atoms with van der Waals surface area (Å²) in [6.45, 7) is 0. The lowest BCUT2D eigenvalue weighted by atomic mass is 10.0. The van der Waals surface area contributed by atoms with E-state index in [0.29, 0.717) is 0 Å². The molecule has 0 saturated heterocycles. The second kappa shape index (κ2) is 30.6. The van der Waals surface area contributed by atoms with Crippen LogP contribution in [-0.2, 0) is 0 Å². The first-order valence-electron chi connectivity index (χ1n) is 14.6. The van der Waals surface area contributed by atoms with Gasteiger partial charge >= 0.3 is 0 Å². The zero-order valence-electron chi connectivity index (χ0n) is 21.3. The third kappa shape index (κ3) is 30.6. The molecule has 0 aromatic carbocycles. The predicted molar refractivity (Wildman–Crippen MR) is 149 cm³/mol. The van der Waals surface area contributed by atoms with Crippen molar-refractivity contribution in [2.75, 3.05) is 11.6 Å². The maximum Gasteiger partial charge on any atom is 0.0223 e. The van der Waals surface area contributed by atoms with E-state index in [9.17, 15) is 0 Å². The molecule has 0 aliphatic carbocycles. The first-order chi connectivity index (χ1) is 15.4. The van der Waals surface area contributed by atoms with E-state index in [2.05, 4.69) is 12.6 Å². The van der Waals surface area contributed by atoms with Crippen molar-refractivity contribution in [1.82, 2.24) is 0 Å². The van der Waals surface area contributed by atoms with Crippen LogP contribution in [0.25, 0.3) is 0 Å². The molecule has 0 aromatic heterocycles. The van der Waals surface area contributed by atoms with Crippen molar-refractivity contribution < 1.29 is 0 Å². The van der Waals surface area contributed by atoms with Crippen molar-refractivity contribution in [2.24, 2.45) is 0 Å². The lowest BCUT2D eigenvalue weighted by Gasteiger charge is -2.04. The van der Waals surface area contributed by atoms with Crippen LogP contribution in [0.15, 0.2) is 0 Å². The minimum atomic E-state index is 0.845. The molecule has 2 heteroatoms. The van der Waals surface area contributed by atoms with Crippen molar-refractivity contribution in [2.45, 2.75) is 173 Å². The van der Waals surface area contributed by atoms with Crippen LogP contribution in [0.1, 0.15) is 173 Å². The standard InChI is InChI=1S/C29H59ClS/c30-28-26-24-22-20-18-16-14-12-10-8-6-4-2-1-3-5-7-9-11-13-15-17-19-21-23-25-27-29-31/h31H,1-29H2. The van der Waals surface area contributed by atoms with Gasteiger partial charge in [-0.3, -0.25) is 0 Å². The van der Waals surface area contributed by atoms with Crippen LogP contribution in [-0.4, -0.2) is 11.6 Å². The molecule has 0 fully saturated rings. The summed E-state index contributed by atoms with van der Waals surface area (Å²) in [7, 11) is 0. The minimum absolute atomic E-state index is 0.845. The van der Waals surface area contributed by atoms with Crippen LogP contribution >= 0.6 is 24.2 Å². The largest absolute Gasteiger partial charge is 0.179 e. The van der Waals surface area contributed by atoms with Crippen LogP contribution in [0.5, 0.6) is 0 Å². The molecule has 0 nitrogen and oxygen atoms in total. The number of halogens is 1. The predicted octanol–water partition coefficient (Wildman–Crippen LogP) is 11.7. The Labute approximate surface area is 208 Å². The Kier molecular flexibility index (Phi) is 31.3. The van der Waals surface area contributed by atoms with Crippen molar-refractivity contribution >= 4 is 24.2 Å². The van der Waals surface area contributed by atoms with Gasteiger partial charge in [0.25, 0.3) is 0 Å². The van der Waals surface area contributed by atoms with Gasteiger partial charge in [-0.15, -0.1) is 11.6 Å². The Balaban J connectivity index is 2.98. The van der Waals surface area contributed by atoms with Crippen LogP contribution in [0, 0.1) is 0 Å². The number of hydrogen-bond acceptors (Lipinski definition) is 1. The molecule has 0 amide bonds. The molecule has 0 N–H and O–H groups in total. The normalized spacial score (nSPS) is 11.4. The topological polar surface area (TPSA) is 0 Å². The molecule has 0 atom stereocenters. The molecule has 0 aromatic rings. The van der Waals surface area contributed by atoms with E-state index in [0.717, 1.165) is 11.6 Å². The number of rotatable bonds is 28. The summed E-state index contributed by atoms with van der Waals surface area (Å²) in [5.41, 5.74) is 0. The third-order valence-electron chi connectivity index (χ3n) is 6.79. The molecule has 0 spiro atoms. The number of thiol groups is 1. The van der Waals surface area contributed by atoms with E-state index in [1.165, 1.54) is 173 Å². The molecular formula is C29H59ClS. The van der Waals surface area contributed by atoms with E-state index in [4.69, 9.17) is 11.6 Å². The number of alkyl halides is 1. The average molecular weight is 475 g/mol. The minimum Gasteiger partial charge on any atom is -0.179 e. The average Bonchev–Trinajstić information content (AvgIpc) is 2.78. The zero-order valence-corrected chi connectivity index (χ0v) is 23.0. The van der Waals surface area contributed by atoms with Crippen molar-refractivity contribution in [3.05, 3.63) is 0 Å². The molecule has 0 bridgehead atoms. The van der Waals surface area contributed by atoms with Gasteiger partial charge in [0.2, 0.25) is 0 Å². The molecule has 0 heterocycles. The smallest absolute Gasteiger partial charge is 0.0223 e. The molecule has 0 aliphatic rings.